The molecule has 2 heterocycles. The summed E-state index contributed by atoms with van der Waals surface area (Å²) in [5, 5.41) is 2.81. The molecule has 2 aromatic heterocycles. The van der Waals surface area contributed by atoms with Crippen LogP contribution >= 0.6 is 0 Å². The Morgan fingerprint density at radius 2 is 2.07 bits per heavy atom. The van der Waals surface area contributed by atoms with Gasteiger partial charge in [0.2, 0.25) is 5.91 Å². The number of aryl methyl sites for hydroxylation is 2. The van der Waals surface area contributed by atoms with Crippen LogP contribution in [0, 0.1) is 0 Å². The van der Waals surface area contributed by atoms with E-state index < -0.39 is 0 Å². The molecule has 2 N–H and O–H groups in total. The highest BCUT2D eigenvalue weighted by atomic mass is 16.1. The maximum Gasteiger partial charge on any atom is 0.247 e. The SMILES string of the molecule is C=CC(=O)Nc1cccc(-c2cc3c(cn2)CCc2c-3[nH]c3c2C(=C)CC3)c1. The summed E-state index contributed by atoms with van der Waals surface area (Å²) in [6.07, 6.45) is 7.42. The molecule has 0 radical (unpaired) electrons. The molecular formula is C24H21N3O. The van der Waals surface area contributed by atoms with E-state index in [4.69, 9.17) is 0 Å². The topological polar surface area (TPSA) is 57.8 Å². The molecule has 0 aliphatic heterocycles. The van der Waals surface area contributed by atoms with Gasteiger partial charge in [-0.2, -0.15) is 0 Å². The van der Waals surface area contributed by atoms with Crippen molar-refractivity contribution >= 4 is 17.2 Å². The van der Waals surface area contributed by atoms with Crippen LogP contribution in [0.2, 0.25) is 0 Å². The monoisotopic (exact) mass is 367 g/mol. The van der Waals surface area contributed by atoms with Crippen molar-refractivity contribution in [1.29, 1.82) is 0 Å². The first-order valence-corrected chi connectivity index (χ1v) is 9.59. The Labute approximate surface area is 164 Å². The fraction of sp³-hybridized carbons (Fsp3) is 0.167. The van der Waals surface area contributed by atoms with E-state index in [0.29, 0.717) is 0 Å². The van der Waals surface area contributed by atoms with E-state index in [1.54, 1.807) is 0 Å². The zero-order valence-corrected chi connectivity index (χ0v) is 15.6. The number of aromatic nitrogens is 2. The number of carbonyl (C=O) groups is 1. The van der Waals surface area contributed by atoms with Crippen LogP contribution in [-0.4, -0.2) is 15.9 Å². The third-order valence-corrected chi connectivity index (χ3v) is 5.72. The number of aromatic amines is 1. The molecule has 0 saturated carbocycles. The van der Waals surface area contributed by atoms with Crippen LogP contribution in [0.1, 0.15) is 28.8 Å². The van der Waals surface area contributed by atoms with Gasteiger partial charge in [-0.05, 0) is 66.7 Å². The van der Waals surface area contributed by atoms with E-state index in [9.17, 15) is 4.79 Å². The highest BCUT2D eigenvalue weighted by molar-refractivity contribution is 5.99. The van der Waals surface area contributed by atoms with Gasteiger partial charge < -0.3 is 10.3 Å². The Balaban J connectivity index is 1.57. The summed E-state index contributed by atoms with van der Waals surface area (Å²) in [5.41, 5.74) is 11.7. The number of amides is 1. The number of allylic oxidation sites excluding steroid dienone is 1. The molecule has 3 aromatic rings. The van der Waals surface area contributed by atoms with Crippen molar-refractivity contribution in [1.82, 2.24) is 9.97 Å². The largest absolute Gasteiger partial charge is 0.358 e. The van der Waals surface area contributed by atoms with Gasteiger partial charge in [-0.1, -0.05) is 25.3 Å². The Hall–Kier alpha value is -3.40. The Bertz CT molecular complexity index is 1150. The molecule has 138 valence electrons. The number of hydrogen-bond donors (Lipinski definition) is 2. The number of H-pyrrole nitrogens is 1. The highest BCUT2D eigenvalue weighted by Crippen LogP contribution is 2.43. The van der Waals surface area contributed by atoms with Crippen LogP contribution < -0.4 is 5.32 Å². The smallest absolute Gasteiger partial charge is 0.247 e. The van der Waals surface area contributed by atoms with Crippen molar-refractivity contribution in [3.63, 3.8) is 0 Å². The number of anilines is 1. The molecule has 0 atom stereocenters. The number of rotatable bonds is 3. The van der Waals surface area contributed by atoms with Crippen LogP contribution in [-0.2, 0) is 24.1 Å². The molecule has 0 bridgehead atoms. The average molecular weight is 367 g/mol. The standard InChI is InChI=1S/C24H21N3O/c1-3-22(28)26-17-6-4-5-15(11-17)21-12-19-16(13-25-21)8-9-18-23-14(2)7-10-20(23)27-24(18)19/h3-6,11-13,27H,1-2,7-10H2,(H,26,28). The zero-order chi connectivity index (χ0) is 19.3. The second kappa shape index (κ2) is 6.34. The fourth-order valence-electron chi connectivity index (χ4n) is 4.37. The predicted molar refractivity (Wildman–Crippen MR) is 113 cm³/mol. The lowest BCUT2D eigenvalue weighted by Gasteiger charge is -2.18. The summed E-state index contributed by atoms with van der Waals surface area (Å²) in [6, 6.07) is 9.90. The zero-order valence-electron chi connectivity index (χ0n) is 15.6. The number of pyridine rings is 1. The van der Waals surface area contributed by atoms with Gasteiger partial charge in [-0.25, -0.2) is 0 Å². The second-order valence-electron chi connectivity index (χ2n) is 7.44. The molecule has 2 aliphatic rings. The Morgan fingerprint density at radius 3 is 2.93 bits per heavy atom. The molecule has 0 saturated heterocycles. The van der Waals surface area contributed by atoms with E-state index in [0.717, 1.165) is 42.6 Å². The van der Waals surface area contributed by atoms with Crippen LogP contribution in [0.4, 0.5) is 5.69 Å². The normalized spacial score (nSPS) is 14.2. The summed E-state index contributed by atoms with van der Waals surface area (Å²) in [4.78, 5) is 20.0. The minimum atomic E-state index is -0.221. The minimum absolute atomic E-state index is 0.221. The summed E-state index contributed by atoms with van der Waals surface area (Å²) < 4.78 is 0. The molecule has 4 heteroatoms. The van der Waals surface area contributed by atoms with Gasteiger partial charge in [0.05, 0.1) is 5.69 Å². The van der Waals surface area contributed by atoms with E-state index in [2.05, 4.69) is 34.5 Å². The van der Waals surface area contributed by atoms with Crippen molar-refractivity contribution < 1.29 is 4.79 Å². The summed E-state index contributed by atoms with van der Waals surface area (Å²) in [6.45, 7) is 7.76. The lowest BCUT2D eigenvalue weighted by atomic mass is 9.88. The van der Waals surface area contributed by atoms with Crippen molar-refractivity contribution in [2.45, 2.75) is 25.7 Å². The van der Waals surface area contributed by atoms with E-state index >= 15 is 0 Å². The van der Waals surface area contributed by atoms with Gasteiger partial charge in [0.25, 0.3) is 0 Å². The van der Waals surface area contributed by atoms with Crippen molar-refractivity contribution in [3.05, 3.63) is 78.1 Å². The molecular weight excluding hydrogens is 346 g/mol. The van der Waals surface area contributed by atoms with Gasteiger partial charge in [0.1, 0.15) is 0 Å². The quantitative estimate of drug-likeness (QED) is 0.645. The second-order valence-corrected chi connectivity index (χ2v) is 7.44. The van der Waals surface area contributed by atoms with Gasteiger partial charge >= 0.3 is 0 Å². The molecule has 0 fully saturated rings. The van der Waals surface area contributed by atoms with Crippen LogP contribution in [0.15, 0.2) is 55.8 Å². The first-order valence-electron chi connectivity index (χ1n) is 9.59. The number of benzene rings is 1. The molecule has 1 aromatic carbocycles. The van der Waals surface area contributed by atoms with Crippen LogP contribution in [0.5, 0.6) is 0 Å². The number of nitrogens with zero attached hydrogens (tertiary/aromatic N) is 1. The van der Waals surface area contributed by atoms with Crippen molar-refractivity contribution in [2.24, 2.45) is 0 Å². The van der Waals surface area contributed by atoms with E-state index in [-0.39, 0.29) is 5.91 Å². The maximum absolute atomic E-state index is 11.6. The van der Waals surface area contributed by atoms with E-state index in [1.807, 2.05) is 30.5 Å². The maximum atomic E-state index is 11.6. The molecule has 4 nitrogen and oxygen atoms in total. The lowest BCUT2D eigenvalue weighted by Crippen LogP contribution is -2.07. The molecule has 0 spiro atoms. The van der Waals surface area contributed by atoms with Gasteiger partial charge in [0, 0.05) is 40.0 Å². The molecule has 0 unspecified atom stereocenters. The number of fused-ring (bicyclic) bond motifs is 5. The third kappa shape index (κ3) is 2.61. The summed E-state index contributed by atoms with van der Waals surface area (Å²) in [7, 11) is 0. The minimum Gasteiger partial charge on any atom is -0.358 e. The van der Waals surface area contributed by atoms with Gasteiger partial charge in [-0.3, -0.25) is 9.78 Å². The number of hydrogen-bond acceptors (Lipinski definition) is 2. The Kier molecular flexibility index (Phi) is 3.79. The molecule has 28 heavy (non-hydrogen) atoms. The predicted octanol–water partition coefficient (Wildman–Crippen LogP) is 4.93. The first kappa shape index (κ1) is 16.8. The first-order chi connectivity index (χ1) is 13.6. The Morgan fingerprint density at radius 1 is 1.18 bits per heavy atom. The van der Waals surface area contributed by atoms with E-state index in [1.165, 1.54) is 45.3 Å². The van der Waals surface area contributed by atoms with Crippen LogP contribution in [0.3, 0.4) is 0 Å². The summed E-state index contributed by atoms with van der Waals surface area (Å²) in [5.74, 6) is -0.221. The lowest BCUT2D eigenvalue weighted by molar-refractivity contribution is -0.111. The number of carbonyl (C=O) groups excluding carboxylic acids is 1. The molecule has 5 rings (SSSR count). The van der Waals surface area contributed by atoms with Crippen LogP contribution in [0.25, 0.3) is 28.1 Å². The van der Waals surface area contributed by atoms with Gasteiger partial charge in [-0.15, -0.1) is 0 Å². The van der Waals surface area contributed by atoms with Gasteiger partial charge in [0.15, 0.2) is 0 Å². The summed E-state index contributed by atoms with van der Waals surface area (Å²) >= 11 is 0. The molecule has 1 amide bonds. The molecule has 2 aliphatic carbocycles. The van der Waals surface area contributed by atoms with Crippen molar-refractivity contribution in [2.75, 3.05) is 5.32 Å². The van der Waals surface area contributed by atoms with Crippen molar-refractivity contribution in [3.8, 4) is 22.5 Å². The number of nitrogens with one attached hydrogen (secondary N) is 2. The fourth-order valence-corrected chi connectivity index (χ4v) is 4.37. The third-order valence-electron chi connectivity index (χ3n) is 5.72. The highest BCUT2D eigenvalue weighted by Gasteiger charge is 2.28. The average Bonchev–Trinajstić information content (AvgIpc) is 3.27.